The first-order chi connectivity index (χ1) is 18.1. The van der Waals surface area contributed by atoms with E-state index in [4.69, 9.17) is 4.74 Å². The summed E-state index contributed by atoms with van der Waals surface area (Å²) in [5.74, 6) is 0.457. The highest BCUT2D eigenvalue weighted by Crippen LogP contribution is 2.34. The number of ether oxygens (including phenoxy) is 1. The molecule has 2 aliphatic heterocycles. The van der Waals surface area contributed by atoms with Gasteiger partial charge in [-0.1, -0.05) is 11.3 Å². The van der Waals surface area contributed by atoms with E-state index in [0.717, 1.165) is 40.8 Å². The van der Waals surface area contributed by atoms with Crippen molar-refractivity contribution >= 4 is 45.5 Å². The summed E-state index contributed by atoms with van der Waals surface area (Å²) in [7, 11) is 0. The summed E-state index contributed by atoms with van der Waals surface area (Å²) in [6.45, 7) is 2.27. The van der Waals surface area contributed by atoms with E-state index in [1.165, 1.54) is 11.3 Å². The number of hydrogen-bond donors (Lipinski definition) is 3. The summed E-state index contributed by atoms with van der Waals surface area (Å²) < 4.78 is 5.52. The Morgan fingerprint density at radius 1 is 1.05 bits per heavy atom. The standard InChI is InChI=1S/C25H26N8O3S/c34-17-3-8-33(14-17)25(35)24-32-31-23(37-24)18-13-28-22(12-20(18)29-15-4-9-36-10-5-15)30-16-1-2-19-21(11-16)27-7-6-26-19/h1-2,6-7,11-13,15,17,34H,3-5,8-10,14H2,(H2,28,29,30)/t17-/m0/s1. The number of aliphatic hydroxyl groups is 1. The van der Waals surface area contributed by atoms with Crippen molar-refractivity contribution in [1.82, 2.24) is 30.0 Å². The minimum Gasteiger partial charge on any atom is -0.391 e. The van der Waals surface area contributed by atoms with Crippen molar-refractivity contribution in [3.8, 4) is 10.6 Å². The Morgan fingerprint density at radius 3 is 2.70 bits per heavy atom. The van der Waals surface area contributed by atoms with Gasteiger partial charge < -0.3 is 25.4 Å². The first kappa shape index (κ1) is 23.6. The predicted molar refractivity (Wildman–Crippen MR) is 140 cm³/mol. The minimum atomic E-state index is -0.481. The SMILES string of the molecule is O=C(c1nnc(-c2cnc(Nc3ccc4nccnc4c3)cc2NC2CCOCC2)s1)N1CC[C@H](O)C1. The molecule has 2 fully saturated rings. The highest BCUT2D eigenvalue weighted by Gasteiger charge is 2.28. The molecule has 0 saturated carbocycles. The fourth-order valence-electron chi connectivity index (χ4n) is 4.54. The van der Waals surface area contributed by atoms with Crippen LogP contribution in [0.4, 0.5) is 17.2 Å². The zero-order chi connectivity index (χ0) is 25.2. The van der Waals surface area contributed by atoms with Crippen molar-refractivity contribution in [3.05, 3.63) is 47.9 Å². The lowest BCUT2D eigenvalue weighted by molar-refractivity contribution is 0.0763. The third kappa shape index (κ3) is 5.22. The Labute approximate surface area is 217 Å². The van der Waals surface area contributed by atoms with Crippen LogP contribution in [0.1, 0.15) is 29.1 Å². The largest absolute Gasteiger partial charge is 0.391 e. The Kier molecular flexibility index (Phi) is 6.60. The summed E-state index contributed by atoms with van der Waals surface area (Å²) >= 11 is 1.23. The summed E-state index contributed by atoms with van der Waals surface area (Å²) in [6, 6.07) is 7.99. The second-order valence-electron chi connectivity index (χ2n) is 9.14. The van der Waals surface area contributed by atoms with E-state index in [1.807, 2.05) is 24.3 Å². The maximum absolute atomic E-state index is 12.8. The van der Waals surface area contributed by atoms with E-state index >= 15 is 0 Å². The molecule has 0 aliphatic carbocycles. The van der Waals surface area contributed by atoms with Crippen molar-refractivity contribution in [2.45, 2.75) is 31.4 Å². The molecule has 12 heteroatoms. The Bertz CT molecular complexity index is 1420. The molecule has 0 spiro atoms. The van der Waals surface area contributed by atoms with Crippen LogP contribution in [0, 0.1) is 0 Å². The highest BCUT2D eigenvalue weighted by molar-refractivity contribution is 7.16. The molecule has 2 saturated heterocycles. The van der Waals surface area contributed by atoms with E-state index in [0.29, 0.717) is 48.6 Å². The molecule has 6 rings (SSSR count). The molecule has 11 nitrogen and oxygen atoms in total. The summed E-state index contributed by atoms with van der Waals surface area (Å²) in [4.78, 5) is 27.8. The van der Waals surface area contributed by atoms with Gasteiger partial charge in [-0.2, -0.15) is 0 Å². The zero-order valence-electron chi connectivity index (χ0n) is 20.0. The third-order valence-electron chi connectivity index (χ3n) is 6.52. The van der Waals surface area contributed by atoms with Crippen molar-refractivity contribution in [3.63, 3.8) is 0 Å². The number of pyridine rings is 1. The number of β-amino-alcohol motifs (C(OH)–C–C–N with tert-alkyl or cyclic N) is 1. The van der Waals surface area contributed by atoms with Gasteiger partial charge in [-0.3, -0.25) is 14.8 Å². The molecule has 0 unspecified atom stereocenters. The lowest BCUT2D eigenvalue weighted by Gasteiger charge is -2.25. The number of rotatable bonds is 6. The molecule has 2 aliphatic rings. The molecule has 4 aromatic rings. The fraction of sp³-hybridized carbons (Fsp3) is 0.360. The maximum Gasteiger partial charge on any atom is 0.284 e. The first-order valence-corrected chi connectivity index (χ1v) is 13.1. The predicted octanol–water partition coefficient (Wildman–Crippen LogP) is 3.08. The number of aromatic nitrogens is 5. The van der Waals surface area contributed by atoms with Crippen LogP contribution in [-0.4, -0.2) is 79.5 Å². The Balaban J connectivity index is 1.28. The quantitative estimate of drug-likeness (QED) is 0.349. The summed E-state index contributed by atoms with van der Waals surface area (Å²) in [5, 5.41) is 26.2. The third-order valence-corrected chi connectivity index (χ3v) is 7.46. The number of nitrogens with one attached hydrogen (secondary N) is 2. The monoisotopic (exact) mass is 518 g/mol. The van der Waals surface area contributed by atoms with Crippen LogP contribution in [0.2, 0.25) is 0 Å². The average molecular weight is 519 g/mol. The van der Waals surface area contributed by atoms with Crippen LogP contribution in [0.3, 0.4) is 0 Å². The van der Waals surface area contributed by atoms with Crippen LogP contribution >= 0.6 is 11.3 Å². The fourth-order valence-corrected chi connectivity index (χ4v) is 5.38. The number of carbonyl (C=O) groups is 1. The van der Waals surface area contributed by atoms with Gasteiger partial charge in [0.1, 0.15) is 5.82 Å². The van der Waals surface area contributed by atoms with Crippen LogP contribution in [0.25, 0.3) is 21.6 Å². The summed E-state index contributed by atoms with van der Waals surface area (Å²) in [5.41, 5.74) is 4.10. The molecule has 3 N–H and O–H groups in total. The molecule has 1 atom stereocenters. The Hall–Kier alpha value is -3.74. The molecule has 37 heavy (non-hydrogen) atoms. The van der Waals surface area contributed by atoms with Gasteiger partial charge in [-0.05, 0) is 37.5 Å². The molecule has 3 aromatic heterocycles. The van der Waals surface area contributed by atoms with Gasteiger partial charge in [0.25, 0.3) is 5.91 Å². The topological polar surface area (TPSA) is 138 Å². The van der Waals surface area contributed by atoms with Crippen molar-refractivity contribution in [2.24, 2.45) is 0 Å². The van der Waals surface area contributed by atoms with Gasteiger partial charge in [-0.25, -0.2) is 4.98 Å². The molecule has 1 aromatic carbocycles. The summed E-state index contributed by atoms with van der Waals surface area (Å²) in [6.07, 6.45) is 6.98. The first-order valence-electron chi connectivity index (χ1n) is 12.3. The van der Waals surface area contributed by atoms with Gasteiger partial charge in [0.15, 0.2) is 5.01 Å². The van der Waals surface area contributed by atoms with Gasteiger partial charge in [0.05, 0.1) is 22.7 Å². The van der Waals surface area contributed by atoms with Crippen LogP contribution in [-0.2, 0) is 4.74 Å². The molecular formula is C25H26N8O3S. The number of benzene rings is 1. The highest BCUT2D eigenvalue weighted by atomic mass is 32.1. The molecule has 190 valence electrons. The van der Waals surface area contributed by atoms with Gasteiger partial charge >= 0.3 is 0 Å². The Morgan fingerprint density at radius 2 is 1.89 bits per heavy atom. The van der Waals surface area contributed by atoms with Gasteiger partial charge in [-0.15, -0.1) is 10.2 Å². The lowest BCUT2D eigenvalue weighted by Crippen LogP contribution is -2.29. The van der Waals surface area contributed by atoms with E-state index in [9.17, 15) is 9.90 Å². The molecule has 0 bridgehead atoms. The number of aliphatic hydroxyl groups excluding tert-OH is 1. The van der Waals surface area contributed by atoms with Crippen molar-refractivity contribution in [1.29, 1.82) is 0 Å². The number of nitrogens with zero attached hydrogens (tertiary/aromatic N) is 6. The minimum absolute atomic E-state index is 0.204. The number of hydrogen-bond acceptors (Lipinski definition) is 11. The molecule has 5 heterocycles. The lowest BCUT2D eigenvalue weighted by atomic mass is 10.1. The van der Waals surface area contributed by atoms with Crippen LogP contribution in [0.5, 0.6) is 0 Å². The molecular weight excluding hydrogens is 492 g/mol. The van der Waals surface area contributed by atoms with E-state index in [-0.39, 0.29) is 11.9 Å². The number of fused-ring (bicyclic) bond motifs is 1. The maximum atomic E-state index is 12.8. The number of likely N-dealkylation sites (tertiary alicyclic amines) is 1. The molecule has 0 radical (unpaired) electrons. The molecule has 1 amide bonds. The number of carbonyl (C=O) groups excluding carboxylic acids is 1. The van der Waals surface area contributed by atoms with E-state index in [1.54, 1.807) is 23.5 Å². The van der Waals surface area contributed by atoms with Crippen LogP contribution < -0.4 is 10.6 Å². The van der Waals surface area contributed by atoms with E-state index < -0.39 is 6.10 Å². The number of amides is 1. The second kappa shape index (κ2) is 10.3. The second-order valence-corrected chi connectivity index (χ2v) is 10.1. The van der Waals surface area contributed by atoms with Crippen molar-refractivity contribution in [2.75, 3.05) is 36.9 Å². The smallest absolute Gasteiger partial charge is 0.284 e. The van der Waals surface area contributed by atoms with Crippen LogP contribution in [0.15, 0.2) is 42.9 Å². The average Bonchev–Trinajstić information content (AvgIpc) is 3.59. The van der Waals surface area contributed by atoms with Gasteiger partial charge in [0.2, 0.25) is 5.01 Å². The normalized spacial score (nSPS) is 18.3. The van der Waals surface area contributed by atoms with Crippen molar-refractivity contribution < 1.29 is 14.6 Å². The zero-order valence-corrected chi connectivity index (χ0v) is 20.8. The van der Waals surface area contributed by atoms with E-state index in [2.05, 4.69) is 35.8 Å². The number of anilines is 3. The van der Waals surface area contributed by atoms with Gasteiger partial charge in [0, 0.05) is 68.4 Å².